The average molecular weight is 509 g/mol. The molecule has 34 heavy (non-hydrogen) atoms. The van der Waals surface area contributed by atoms with Crippen LogP contribution >= 0.6 is 0 Å². The molecule has 1 aromatic rings. The molecule has 0 bridgehead atoms. The first-order valence-corrected chi connectivity index (χ1v) is 13.1. The molecule has 0 aromatic heterocycles. The number of anilines is 1. The molecule has 1 aliphatic carbocycles. The number of carbonyl (C=O) groups is 1. The van der Waals surface area contributed by atoms with Gasteiger partial charge in [-0.1, -0.05) is 19.3 Å². The van der Waals surface area contributed by atoms with E-state index in [1.807, 2.05) is 0 Å². The molecular weight excluding hydrogens is 473 g/mol. The van der Waals surface area contributed by atoms with Crippen molar-refractivity contribution in [2.24, 2.45) is 0 Å². The number of esters is 1. The number of alkyl halides is 3. The van der Waals surface area contributed by atoms with Gasteiger partial charge < -0.3 is 14.8 Å². The third-order valence-electron chi connectivity index (χ3n) is 5.79. The Morgan fingerprint density at radius 3 is 2.29 bits per heavy atom. The van der Waals surface area contributed by atoms with Gasteiger partial charge in [-0.05, 0) is 44.6 Å². The van der Waals surface area contributed by atoms with E-state index in [1.54, 1.807) is 0 Å². The van der Waals surface area contributed by atoms with Crippen molar-refractivity contribution in [3.8, 4) is 5.75 Å². The van der Waals surface area contributed by atoms with Crippen LogP contribution in [0.4, 0.5) is 18.9 Å². The van der Waals surface area contributed by atoms with Crippen LogP contribution in [0.1, 0.15) is 74.6 Å². The van der Waals surface area contributed by atoms with Gasteiger partial charge in [-0.25, -0.2) is 17.5 Å². The molecule has 1 aromatic carbocycles. The zero-order chi connectivity index (χ0) is 25.4. The lowest BCUT2D eigenvalue weighted by Gasteiger charge is -2.21. The van der Waals surface area contributed by atoms with Crippen molar-refractivity contribution in [1.82, 2.24) is 4.31 Å². The summed E-state index contributed by atoms with van der Waals surface area (Å²) in [7, 11) is 0.149. The van der Waals surface area contributed by atoms with E-state index in [1.165, 1.54) is 33.3 Å². The van der Waals surface area contributed by atoms with Crippen LogP contribution in [0.3, 0.4) is 0 Å². The van der Waals surface area contributed by atoms with Crippen LogP contribution in [0.5, 0.6) is 5.75 Å². The first-order chi connectivity index (χ1) is 16.0. The summed E-state index contributed by atoms with van der Waals surface area (Å²) < 4.78 is 74.6. The molecule has 0 atom stereocenters. The number of rotatable bonds is 13. The summed E-state index contributed by atoms with van der Waals surface area (Å²) in [5.41, 5.74) is 0.358. The lowest BCUT2D eigenvalue weighted by molar-refractivity contribution is -0.135. The van der Waals surface area contributed by atoms with Crippen molar-refractivity contribution >= 4 is 21.7 Å². The Labute approximate surface area is 200 Å². The summed E-state index contributed by atoms with van der Waals surface area (Å²) in [5.74, 6) is -0.417. The first-order valence-electron chi connectivity index (χ1n) is 11.6. The van der Waals surface area contributed by atoms with Gasteiger partial charge in [0.1, 0.15) is 16.2 Å². The molecule has 1 aliphatic rings. The number of hydrogen-bond acceptors (Lipinski definition) is 6. The highest BCUT2D eigenvalue weighted by Crippen LogP contribution is 2.35. The number of unbranched alkanes of at least 4 members (excludes halogenated alkanes) is 4. The van der Waals surface area contributed by atoms with Gasteiger partial charge in [0.2, 0.25) is 10.0 Å². The monoisotopic (exact) mass is 508 g/mol. The van der Waals surface area contributed by atoms with Crippen molar-refractivity contribution in [3.05, 3.63) is 17.7 Å². The molecule has 0 saturated heterocycles. The lowest BCUT2D eigenvalue weighted by Crippen LogP contribution is -2.24. The molecule has 0 aliphatic heterocycles. The Morgan fingerprint density at radius 2 is 1.71 bits per heavy atom. The van der Waals surface area contributed by atoms with Crippen LogP contribution in [-0.2, 0) is 14.8 Å². The highest BCUT2D eigenvalue weighted by atomic mass is 32.2. The van der Waals surface area contributed by atoms with Crippen LogP contribution in [-0.4, -0.2) is 58.7 Å². The van der Waals surface area contributed by atoms with Crippen molar-refractivity contribution < 1.29 is 35.9 Å². The number of sulfonamides is 1. The number of methoxy groups -OCH3 is 1. The molecule has 0 radical (unpaired) electrons. The Morgan fingerprint density at radius 1 is 1.09 bits per heavy atom. The van der Waals surface area contributed by atoms with Gasteiger partial charge in [-0.3, -0.25) is 0 Å². The minimum absolute atomic E-state index is 0.0463. The fourth-order valence-corrected chi connectivity index (χ4v) is 4.93. The van der Waals surface area contributed by atoms with Crippen LogP contribution in [0.15, 0.2) is 17.0 Å². The summed E-state index contributed by atoms with van der Waals surface area (Å²) in [4.78, 5) is 12.3. The zero-order valence-electron chi connectivity index (χ0n) is 20.0. The van der Waals surface area contributed by atoms with Crippen LogP contribution in [0.2, 0.25) is 0 Å². The molecular formula is C23H35F3N2O5S. The molecule has 0 spiro atoms. The maximum Gasteiger partial charge on any atom is 0.389 e. The minimum Gasteiger partial charge on any atom is -0.489 e. The molecule has 1 fully saturated rings. The summed E-state index contributed by atoms with van der Waals surface area (Å²) in [6.07, 6.45) is 1.47. The van der Waals surface area contributed by atoms with E-state index < -0.39 is 28.6 Å². The van der Waals surface area contributed by atoms with Crippen molar-refractivity contribution in [2.75, 3.05) is 33.1 Å². The molecule has 0 amide bonds. The van der Waals surface area contributed by atoms with E-state index in [-0.39, 0.29) is 28.7 Å². The molecule has 0 unspecified atom stereocenters. The number of hydrogen-bond donors (Lipinski definition) is 1. The third kappa shape index (κ3) is 8.33. The second kappa shape index (κ2) is 12.6. The molecule has 0 heterocycles. The largest absolute Gasteiger partial charge is 0.489 e. The van der Waals surface area contributed by atoms with E-state index >= 15 is 0 Å². The SMILES string of the molecule is COC(=O)c1cc(S(=O)(=O)N(C)C)c(NCCCCCCCC(F)(F)F)cc1OC1CCCC1. The normalized spacial score (nSPS) is 15.0. The molecule has 1 N–H and O–H groups in total. The van der Waals surface area contributed by atoms with Gasteiger partial charge >= 0.3 is 12.1 Å². The third-order valence-corrected chi connectivity index (χ3v) is 7.65. The predicted molar refractivity (Wildman–Crippen MR) is 124 cm³/mol. The highest BCUT2D eigenvalue weighted by Gasteiger charge is 2.28. The van der Waals surface area contributed by atoms with Crippen LogP contribution in [0, 0.1) is 0 Å². The Hall–Kier alpha value is -2.01. The average Bonchev–Trinajstić information content (AvgIpc) is 3.27. The zero-order valence-corrected chi connectivity index (χ0v) is 20.9. The second-order valence-corrected chi connectivity index (χ2v) is 10.8. The molecule has 1 saturated carbocycles. The fraction of sp³-hybridized carbons (Fsp3) is 0.696. The maximum atomic E-state index is 13.0. The summed E-state index contributed by atoms with van der Waals surface area (Å²) in [5, 5.41) is 3.12. The van der Waals surface area contributed by atoms with E-state index in [2.05, 4.69) is 5.32 Å². The second-order valence-electron chi connectivity index (χ2n) is 8.71. The van der Waals surface area contributed by atoms with E-state index in [4.69, 9.17) is 9.47 Å². The summed E-state index contributed by atoms with van der Waals surface area (Å²) >= 11 is 0. The number of benzene rings is 1. The minimum atomic E-state index is -4.12. The van der Waals surface area contributed by atoms with Gasteiger partial charge in [0.15, 0.2) is 0 Å². The standard InChI is InChI=1S/C23H35F3N2O5S/c1-28(2)34(30,31)21-15-18(22(29)32-3)20(33-17-11-7-8-12-17)16-19(21)27-14-10-6-4-5-9-13-23(24,25)26/h15-17,27H,4-14H2,1-3H3. The van der Waals surface area contributed by atoms with E-state index in [0.29, 0.717) is 37.9 Å². The lowest BCUT2D eigenvalue weighted by atomic mass is 10.1. The quantitative estimate of drug-likeness (QED) is 0.285. The number of halogens is 3. The Bertz CT molecular complexity index is 914. The number of ether oxygens (including phenoxy) is 2. The van der Waals surface area contributed by atoms with Crippen molar-refractivity contribution in [3.63, 3.8) is 0 Å². The summed E-state index contributed by atoms with van der Waals surface area (Å²) in [6, 6.07) is 2.81. The molecule has 2 rings (SSSR count). The fourth-order valence-electron chi connectivity index (χ4n) is 3.86. The first kappa shape index (κ1) is 28.2. The molecule has 7 nitrogen and oxygen atoms in total. The number of nitrogens with one attached hydrogen (secondary N) is 1. The van der Waals surface area contributed by atoms with Crippen molar-refractivity contribution in [1.29, 1.82) is 0 Å². The Kier molecular flexibility index (Phi) is 10.5. The molecule has 194 valence electrons. The van der Waals surface area contributed by atoms with Crippen LogP contribution < -0.4 is 10.1 Å². The smallest absolute Gasteiger partial charge is 0.389 e. The predicted octanol–water partition coefficient (Wildman–Crippen LogP) is 5.36. The summed E-state index contributed by atoms with van der Waals surface area (Å²) in [6.45, 7) is 0.426. The highest BCUT2D eigenvalue weighted by molar-refractivity contribution is 7.89. The van der Waals surface area contributed by atoms with Gasteiger partial charge in [-0.15, -0.1) is 0 Å². The van der Waals surface area contributed by atoms with Gasteiger partial charge in [0.05, 0.1) is 18.9 Å². The van der Waals surface area contributed by atoms with E-state index in [0.717, 1.165) is 30.0 Å². The van der Waals surface area contributed by atoms with Gasteiger partial charge in [0.25, 0.3) is 0 Å². The van der Waals surface area contributed by atoms with Gasteiger partial charge in [-0.2, -0.15) is 13.2 Å². The van der Waals surface area contributed by atoms with Crippen molar-refractivity contribution in [2.45, 2.75) is 81.4 Å². The van der Waals surface area contributed by atoms with E-state index in [9.17, 15) is 26.4 Å². The van der Waals surface area contributed by atoms with Crippen LogP contribution in [0.25, 0.3) is 0 Å². The maximum absolute atomic E-state index is 13.0. The molecule has 11 heteroatoms. The Balaban J connectivity index is 2.16. The number of nitrogens with zero attached hydrogens (tertiary/aromatic N) is 1. The topological polar surface area (TPSA) is 84.9 Å². The van der Waals surface area contributed by atoms with Gasteiger partial charge in [0, 0.05) is 33.1 Å². The number of carbonyl (C=O) groups excluding carboxylic acids is 1.